The molecular weight excluding hydrogens is 280 g/mol. The zero-order valence-corrected chi connectivity index (χ0v) is 12.5. The molecule has 1 spiro atoms. The standard InChI is InChI=1S/C16H18N4O2/c1-2-14-18-13(19-22-14)9-20-8-7-16(10-20)11-5-3-4-6-12(11)17-15(16)21/h3-6H,2,7-10H2,1H3,(H,17,21). The fourth-order valence-electron chi connectivity index (χ4n) is 3.50. The van der Waals surface area contributed by atoms with Gasteiger partial charge in [-0.05, 0) is 18.1 Å². The summed E-state index contributed by atoms with van der Waals surface area (Å²) in [6.07, 6.45) is 1.57. The second-order valence-electron chi connectivity index (χ2n) is 6.00. The van der Waals surface area contributed by atoms with Crippen molar-refractivity contribution in [3.63, 3.8) is 0 Å². The average molecular weight is 298 g/mol. The number of nitrogens with zero attached hydrogens (tertiary/aromatic N) is 3. The van der Waals surface area contributed by atoms with Gasteiger partial charge in [0.1, 0.15) is 0 Å². The molecule has 1 fully saturated rings. The Morgan fingerprint density at radius 3 is 3.09 bits per heavy atom. The molecule has 0 saturated carbocycles. The maximum Gasteiger partial charge on any atom is 0.236 e. The number of carbonyl (C=O) groups is 1. The van der Waals surface area contributed by atoms with Crippen LogP contribution in [-0.2, 0) is 23.2 Å². The van der Waals surface area contributed by atoms with E-state index in [1.165, 1.54) is 0 Å². The van der Waals surface area contributed by atoms with Gasteiger partial charge in [0.15, 0.2) is 5.82 Å². The number of para-hydroxylation sites is 1. The van der Waals surface area contributed by atoms with E-state index in [1.807, 2.05) is 25.1 Å². The topological polar surface area (TPSA) is 71.3 Å². The molecule has 4 rings (SSSR count). The number of likely N-dealkylation sites (tertiary alicyclic amines) is 1. The molecule has 1 aromatic heterocycles. The zero-order chi connectivity index (χ0) is 15.2. The van der Waals surface area contributed by atoms with Crippen LogP contribution in [0.1, 0.15) is 30.6 Å². The van der Waals surface area contributed by atoms with Gasteiger partial charge in [-0.25, -0.2) is 0 Å². The monoisotopic (exact) mass is 298 g/mol. The van der Waals surface area contributed by atoms with Gasteiger partial charge >= 0.3 is 0 Å². The van der Waals surface area contributed by atoms with Gasteiger partial charge in [-0.1, -0.05) is 30.3 Å². The van der Waals surface area contributed by atoms with Crippen LogP contribution in [-0.4, -0.2) is 34.0 Å². The molecule has 0 radical (unpaired) electrons. The smallest absolute Gasteiger partial charge is 0.236 e. The maximum atomic E-state index is 12.5. The van der Waals surface area contributed by atoms with Crippen LogP contribution in [0.15, 0.2) is 28.8 Å². The third-order valence-electron chi connectivity index (χ3n) is 4.65. The highest BCUT2D eigenvalue weighted by molar-refractivity contribution is 6.06. The fraction of sp³-hybridized carbons (Fsp3) is 0.438. The number of carbonyl (C=O) groups excluding carboxylic acids is 1. The number of benzene rings is 1. The van der Waals surface area contributed by atoms with Crippen molar-refractivity contribution in [2.75, 3.05) is 18.4 Å². The van der Waals surface area contributed by atoms with Crippen LogP contribution in [0.2, 0.25) is 0 Å². The lowest BCUT2D eigenvalue weighted by Gasteiger charge is -2.21. The molecule has 114 valence electrons. The normalized spacial score (nSPS) is 24.0. The molecule has 0 bridgehead atoms. The molecule has 1 saturated heterocycles. The number of hydrogen-bond acceptors (Lipinski definition) is 5. The van der Waals surface area contributed by atoms with Gasteiger partial charge in [0, 0.05) is 25.2 Å². The average Bonchev–Trinajstić information content (AvgIpc) is 3.21. The number of fused-ring (bicyclic) bond motifs is 2. The van der Waals surface area contributed by atoms with Crippen molar-refractivity contribution in [2.45, 2.75) is 31.7 Å². The molecule has 3 heterocycles. The summed E-state index contributed by atoms with van der Waals surface area (Å²) < 4.78 is 5.15. The summed E-state index contributed by atoms with van der Waals surface area (Å²) in [4.78, 5) is 19.1. The van der Waals surface area contributed by atoms with E-state index in [0.717, 1.165) is 30.6 Å². The van der Waals surface area contributed by atoms with E-state index >= 15 is 0 Å². The highest BCUT2D eigenvalue weighted by atomic mass is 16.5. The van der Waals surface area contributed by atoms with Crippen molar-refractivity contribution in [3.8, 4) is 0 Å². The summed E-state index contributed by atoms with van der Waals surface area (Å²) in [6.45, 7) is 4.17. The number of aryl methyl sites for hydroxylation is 1. The van der Waals surface area contributed by atoms with E-state index in [9.17, 15) is 4.79 Å². The summed E-state index contributed by atoms with van der Waals surface area (Å²) >= 11 is 0. The second kappa shape index (κ2) is 4.91. The van der Waals surface area contributed by atoms with Gasteiger partial charge in [0.05, 0.1) is 12.0 Å². The Hall–Kier alpha value is -2.21. The summed E-state index contributed by atoms with van der Waals surface area (Å²) in [5.41, 5.74) is 1.64. The first-order valence-corrected chi connectivity index (χ1v) is 7.66. The van der Waals surface area contributed by atoms with E-state index in [4.69, 9.17) is 4.52 Å². The predicted octanol–water partition coefficient (Wildman–Crippen LogP) is 1.73. The van der Waals surface area contributed by atoms with Crippen molar-refractivity contribution in [1.29, 1.82) is 0 Å². The largest absolute Gasteiger partial charge is 0.339 e. The molecule has 6 heteroatoms. The van der Waals surface area contributed by atoms with E-state index in [1.54, 1.807) is 0 Å². The Balaban J connectivity index is 1.56. The van der Waals surface area contributed by atoms with E-state index in [2.05, 4.69) is 26.4 Å². The molecule has 1 unspecified atom stereocenters. The Labute approximate surface area is 128 Å². The van der Waals surface area contributed by atoms with E-state index in [-0.39, 0.29) is 5.91 Å². The highest BCUT2D eigenvalue weighted by Crippen LogP contribution is 2.44. The summed E-state index contributed by atoms with van der Waals surface area (Å²) in [5, 5.41) is 7.01. The minimum Gasteiger partial charge on any atom is -0.339 e. The molecule has 2 aliphatic heterocycles. The molecule has 1 atom stereocenters. The third kappa shape index (κ3) is 1.94. The molecule has 1 aromatic carbocycles. The quantitative estimate of drug-likeness (QED) is 0.934. The third-order valence-corrected chi connectivity index (χ3v) is 4.65. The molecule has 1 N–H and O–H groups in total. The molecular formula is C16H18N4O2. The molecule has 6 nitrogen and oxygen atoms in total. The Kier molecular flexibility index (Phi) is 3.00. The van der Waals surface area contributed by atoms with Gasteiger partial charge < -0.3 is 9.84 Å². The number of anilines is 1. The number of rotatable bonds is 3. The molecule has 2 aliphatic rings. The lowest BCUT2D eigenvalue weighted by atomic mass is 9.81. The van der Waals surface area contributed by atoms with Gasteiger partial charge in [-0.2, -0.15) is 4.98 Å². The molecule has 22 heavy (non-hydrogen) atoms. The Bertz CT molecular complexity index is 726. The lowest BCUT2D eigenvalue weighted by Crippen LogP contribution is -2.37. The van der Waals surface area contributed by atoms with Crippen LogP contribution < -0.4 is 5.32 Å². The van der Waals surface area contributed by atoms with Crippen molar-refractivity contribution in [2.24, 2.45) is 0 Å². The number of amides is 1. The fourth-order valence-corrected chi connectivity index (χ4v) is 3.50. The predicted molar refractivity (Wildman–Crippen MR) is 80.3 cm³/mol. The second-order valence-corrected chi connectivity index (χ2v) is 6.00. The zero-order valence-electron chi connectivity index (χ0n) is 12.5. The Morgan fingerprint density at radius 2 is 2.27 bits per heavy atom. The minimum absolute atomic E-state index is 0.110. The summed E-state index contributed by atoms with van der Waals surface area (Å²) in [6, 6.07) is 7.98. The first kappa shape index (κ1) is 13.5. The number of aromatic nitrogens is 2. The first-order valence-electron chi connectivity index (χ1n) is 7.66. The minimum atomic E-state index is -0.423. The van der Waals surface area contributed by atoms with Crippen LogP contribution in [0, 0.1) is 0 Å². The van der Waals surface area contributed by atoms with Crippen molar-refractivity contribution >= 4 is 11.6 Å². The molecule has 0 aliphatic carbocycles. The van der Waals surface area contributed by atoms with Crippen LogP contribution in [0.3, 0.4) is 0 Å². The SMILES string of the molecule is CCc1nc(CN2CCC3(C2)C(=O)Nc2ccccc23)no1. The Morgan fingerprint density at radius 1 is 1.41 bits per heavy atom. The van der Waals surface area contributed by atoms with E-state index in [0.29, 0.717) is 24.8 Å². The van der Waals surface area contributed by atoms with Crippen LogP contribution in [0.25, 0.3) is 0 Å². The summed E-state index contributed by atoms with van der Waals surface area (Å²) in [7, 11) is 0. The van der Waals surface area contributed by atoms with Crippen molar-refractivity contribution in [3.05, 3.63) is 41.5 Å². The van der Waals surface area contributed by atoms with Gasteiger partial charge in [0.25, 0.3) is 0 Å². The number of nitrogens with one attached hydrogen (secondary N) is 1. The lowest BCUT2D eigenvalue weighted by molar-refractivity contribution is -0.120. The van der Waals surface area contributed by atoms with Crippen molar-refractivity contribution in [1.82, 2.24) is 15.0 Å². The van der Waals surface area contributed by atoms with Gasteiger partial charge in [-0.15, -0.1) is 0 Å². The first-order chi connectivity index (χ1) is 10.7. The molecule has 2 aromatic rings. The summed E-state index contributed by atoms with van der Waals surface area (Å²) in [5.74, 6) is 1.46. The van der Waals surface area contributed by atoms with Crippen LogP contribution in [0.4, 0.5) is 5.69 Å². The molecule has 1 amide bonds. The van der Waals surface area contributed by atoms with Gasteiger partial charge in [-0.3, -0.25) is 9.69 Å². The van der Waals surface area contributed by atoms with Gasteiger partial charge in [0.2, 0.25) is 11.8 Å². The van der Waals surface area contributed by atoms with Crippen LogP contribution >= 0.6 is 0 Å². The highest BCUT2D eigenvalue weighted by Gasteiger charge is 2.50. The maximum absolute atomic E-state index is 12.5. The van der Waals surface area contributed by atoms with Crippen LogP contribution in [0.5, 0.6) is 0 Å². The number of hydrogen-bond donors (Lipinski definition) is 1. The van der Waals surface area contributed by atoms with E-state index < -0.39 is 5.41 Å². The van der Waals surface area contributed by atoms with Crippen molar-refractivity contribution < 1.29 is 9.32 Å².